The predicted molar refractivity (Wildman–Crippen MR) is 93.9 cm³/mol. The normalized spacial score (nSPS) is 14.5. The predicted octanol–water partition coefficient (Wildman–Crippen LogP) is 2.79. The number of carbonyl (C=O) groups is 1. The first-order chi connectivity index (χ1) is 11.7. The van der Waals surface area contributed by atoms with Gasteiger partial charge in [0.2, 0.25) is 0 Å². The summed E-state index contributed by atoms with van der Waals surface area (Å²) < 4.78 is 5.41. The van der Waals surface area contributed by atoms with Gasteiger partial charge >= 0.3 is 6.09 Å². The Kier molecular flexibility index (Phi) is 5.17. The van der Waals surface area contributed by atoms with E-state index in [1.807, 2.05) is 24.6 Å². The summed E-state index contributed by atoms with van der Waals surface area (Å²) in [7, 11) is 0. The number of anilines is 2. The van der Waals surface area contributed by atoms with E-state index in [9.17, 15) is 4.79 Å². The Labute approximate surface area is 144 Å². The van der Waals surface area contributed by atoms with Crippen molar-refractivity contribution in [3.05, 3.63) is 30.5 Å². The van der Waals surface area contributed by atoms with E-state index in [0.717, 1.165) is 29.4 Å². The molecule has 2 N–H and O–H groups in total. The molecular weight excluding hydrogens is 328 g/mol. The molecule has 0 aliphatic carbocycles. The van der Waals surface area contributed by atoms with Crippen molar-refractivity contribution in [1.82, 2.24) is 9.97 Å². The van der Waals surface area contributed by atoms with E-state index in [1.165, 1.54) is 0 Å². The van der Waals surface area contributed by atoms with E-state index in [2.05, 4.69) is 15.2 Å². The fourth-order valence-corrected chi connectivity index (χ4v) is 2.99. The first-order valence-corrected chi connectivity index (χ1v) is 8.74. The van der Waals surface area contributed by atoms with Crippen molar-refractivity contribution >= 4 is 29.4 Å². The van der Waals surface area contributed by atoms with Gasteiger partial charge in [-0.25, -0.2) is 14.8 Å². The van der Waals surface area contributed by atoms with Crippen LogP contribution in [0.5, 0.6) is 0 Å². The molecule has 0 bridgehead atoms. The van der Waals surface area contributed by atoms with Crippen LogP contribution in [0.25, 0.3) is 11.4 Å². The highest BCUT2D eigenvalue weighted by Crippen LogP contribution is 2.29. The highest BCUT2D eigenvalue weighted by molar-refractivity contribution is 7.98. The SMILES string of the molecule is CSc1cnc(-c2ccc(NC(=O)O)cc2)nc1N1CCOCC1. The number of ether oxygens (including phenoxy) is 1. The average Bonchev–Trinajstić information content (AvgIpc) is 2.62. The zero-order valence-electron chi connectivity index (χ0n) is 13.2. The lowest BCUT2D eigenvalue weighted by atomic mass is 10.2. The summed E-state index contributed by atoms with van der Waals surface area (Å²) in [5, 5.41) is 11.1. The van der Waals surface area contributed by atoms with Crippen LogP contribution in [0, 0.1) is 0 Å². The van der Waals surface area contributed by atoms with E-state index in [1.54, 1.807) is 23.9 Å². The van der Waals surface area contributed by atoms with E-state index in [4.69, 9.17) is 14.8 Å². The van der Waals surface area contributed by atoms with Crippen molar-refractivity contribution < 1.29 is 14.6 Å². The third-order valence-electron chi connectivity index (χ3n) is 3.66. The van der Waals surface area contributed by atoms with Crippen molar-refractivity contribution in [2.75, 3.05) is 42.8 Å². The molecule has 1 aliphatic heterocycles. The minimum atomic E-state index is -1.09. The number of hydrogen-bond acceptors (Lipinski definition) is 6. The van der Waals surface area contributed by atoms with Crippen LogP contribution < -0.4 is 10.2 Å². The maximum atomic E-state index is 10.7. The summed E-state index contributed by atoms with van der Waals surface area (Å²) in [6.07, 6.45) is 2.76. The second kappa shape index (κ2) is 7.50. The monoisotopic (exact) mass is 346 g/mol. The fourth-order valence-electron chi connectivity index (χ4n) is 2.47. The van der Waals surface area contributed by atoms with Crippen molar-refractivity contribution in [2.24, 2.45) is 0 Å². The quantitative estimate of drug-likeness (QED) is 0.823. The summed E-state index contributed by atoms with van der Waals surface area (Å²) in [5.74, 6) is 1.54. The van der Waals surface area contributed by atoms with E-state index in [0.29, 0.717) is 24.7 Å². The van der Waals surface area contributed by atoms with E-state index in [-0.39, 0.29) is 0 Å². The molecule has 1 aromatic heterocycles. The van der Waals surface area contributed by atoms with Gasteiger partial charge in [-0.2, -0.15) is 0 Å². The largest absolute Gasteiger partial charge is 0.465 e. The van der Waals surface area contributed by atoms with E-state index >= 15 is 0 Å². The van der Waals surface area contributed by atoms with Gasteiger partial charge in [0.1, 0.15) is 5.82 Å². The lowest BCUT2D eigenvalue weighted by Crippen LogP contribution is -2.37. The molecule has 1 fully saturated rings. The summed E-state index contributed by atoms with van der Waals surface area (Å²) in [5.41, 5.74) is 1.36. The summed E-state index contributed by atoms with van der Waals surface area (Å²) in [6, 6.07) is 7.01. The Morgan fingerprint density at radius 3 is 2.62 bits per heavy atom. The number of nitrogens with one attached hydrogen (secondary N) is 1. The van der Waals surface area contributed by atoms with Gasteiger partial charge in [0.05, 0.1) is 18.1 Å². The fraction of sp³-hybridized carbons (Fsp3) is 0.312. The van der Waals surface area contributed by atoms with E-state index < -0.39 is 6.09 Å². The molecule has 0 saturated carbocycles. The molecule has 3 rings (SSSR count). The molecule has 8 heteroatoms. The second-order valence-corrected chi connectivity index (χ2v) is 6.04. The standard InChI is InChI=1S/C16H18N4O3S/c1-24-13-10-17-14(19-15(13)20-6-8-23-9-7-20)11-2-4-12(5-3-11)18-16(21)22/h2-5,10,18H,6-9H2,1H3,(H,21,22). The first kappa shape index (κ1) is 16.5. The van der Waals surface area contributed by atoms with Gasteiger partial charge in [0, 0.05) is 30.5 Å². The Morgan fingerprint density at radius 1 is 1.29 bits per heavy atom. The molecule has 126 valence electrons. The van der Waals surface area contributed by atoms with Crippen LogP contribution in [0.2, 0.25) is 0 Å². The second-order valence-electron chi connectivity index (χ2n) is 5.19. The number of morpholine rings is 1. The van der Waals surface area contributed by atoms with Gasteiger partial charge in [-0.05, 0) is 30.5 Å². The number of nitrogens with zero attached hydrogens (tertiary/aromatic N) is 3. The lowest BCUT2D eigenvalue weighted by molar-refractivity contribution is 0.122. The van der Waals surface area contributed by atoms with Crippen LogP contribution in [0.15, 0.2) is 35.4 Å². The van der Waals surface area contributed by atoms with Gasteiger partial charge < -0.3 is 14.7 Å². The minimum Gasteiger partial charge on any atom is -0.465 e. The number of hydrogen-bond donors (Lipinski definition) is 2. The first-order valence-electron chi connectivity index (χ1n) is 7.51. The molecule has 1 aliphatic rings. The van der Waals surface area contributed by atoms with Crippen molar-refractivity contribution in [3.8, 4) is 11.4 Å². The van der Waals surface area contributed by atoms with Crippen LogP contribution in [0.3, 0.4) is 0 Å². The molecule has 2 aromatic rings. The van der Waals surface area contributed by atoms with Crippen LogP contribution in [-0.2, 0) is 4.74 Å². The Morgan fingerprint density at radius 2 is 2.00 bits per heavy atom. The van der Waals surface area contributed by atoms with Gasteiger partial charge in [-0.3, -0.25) is 5.32 Å². The number of benzene rings is 1. The molecule has 0 atom stereocenters. The van der Waals surface area contributed by atoms with Crippen LogP contribution in [0.4, 0.5) is 16.3 Å². The lowest BCUT2D eigenvalue weighted by Gasteiger charge is -2.29. The number of rotatable bonds is 4. The highest BCUT2D eigenvalue weighted by atomic mass is 32.2. The van der Waals surface area contributed by atoms with Gasteiger partial charge in [0.25, 0.3) is 0 Å². The molecular formula is C16H18N4O3S. The molecule has 0 radical (unpaired) electrons. The molecule has 1 saturated heterocycles. The molecule has 0 unspecified atom stereocenters. The number of thioether (sulfide) groups is 1. The van der Waals surface area contributed by atoms with Crippen LogP contribution in [0.1, 0.15) is 0 Å². The third-order valence-corrected chi connectivity index (χ3v) is 4.39. The molecule has 24 heavy (non-hydrogen) atoms. The maximum absolute atomic E-state index is 10.7. The number of carboxylic acid groups (broad SMARTS) is 1. The highest BCUT2D eigenvalue weighted by Gasteiger charge is 2.17. The maximum Gasteiger partial charge on any atom is 0.409 e. The van der Waals surface area contributed by atoms with Crippen molar-refractivity contribution in [3.63, 3.8) is 0 Å². The Hall–Kier alpha value is -2.32. The van der Waals surface area contributed by atoms with Crippen LogP contribution >= 0.6 is 11.8 Å². The molecule has 7 nitrogen and oxygen atoms in total. The van der Waals surface area contributed by atoms with Crippen molar-refractivity contribution in [1.29, 1.82) is 0 Å². The molecule has 0 spiro atoms. The number of amides is 1. The van der Waals surface area contributed by atoms with Gasteiger partial charge in [-0.15, -0.1) is 11.8 Å². The van der Waals surface area contributed by atoms with Crippen LogP contribution in [-0.4, -0.2) is 53.7 Å². The topological polar surface area (TPSA) is 87.6 Å². The Bertz CT molecular complexity index is 718. The average molecular weight is 346 g/mol. The van der Waals surface area contributed by atoms with Crippen molar-refractivity contribution in [2.45, 2.75) is 4.90 Å². The molecule has 2 heterocycles. The zero-order chi connectivity index (χ0) is 16.9. The molecule has 1 amide bonds. The van der Waals surface area contributed by atoms with Gasteiger partial charge in [0.15, 0.2) is 5.82 Å². The zero-order valence-corrected chi connectivity index (χ0v) is 14.0. The smallest absolute Gasteiger partial charge is 0.409 e. The number of aromatic nitrogens is 2. The third kappa shape index (κ3) is 3.77. The summed E-state index contributed by atoms with van der Waals surface area (Å²) in [4.78, 5) is 23.1. The minimum absolute atomic E-state index is 0.514. The Balaban J connectivity index is 1.89. The molecule has 1 aromatic carbocycles. The van der Waals surface area contributed by atoms with Gasteiger partial charge in [-0.1, -0.05) is 0 Å². The summed E-state index contributed by atoms with van der Waals surface area (Å²) >= 11 is 1.62. The summed E-state index contributed by atoms with van der Waals surface area (Å²) in [6.45, 7) is 3.02.